The van der Waals surface area contributed by atoms with Gasteiger partial charge in [0, 0.05) is 11.4 Å². The van der Waals surface area contributed by atoms with Crippen LogP contribution in [0.25, 0.3) is 0 Å². The second-order valence-corrected chi connectivity index (χ2v) is 5.45. The van der Waals surface area contributed by atoms with Crippen molar-refractivity contribution in [1.29, 1.82) is 0 Å². The van der Waals surface area contributed by atoms with Gasteiger partial charge >= 0.3 is 0 Å². The van der Waals surface area contributed by atoms with Crippen LogP contribution in [0.1, 0.15) is 25.0 Å². The SMILES string of the molecule is CC(=CC=C(C)NOCc1ccccc1)NOCc1ccccc1. The Morgan fingerprint density at radius 3 is 1.46 bits per heavy atom. The number of hydrogen-bond acceptors (Lipinski definition) is 4. The van der Waals surface area contributed by atoms with Gasteiger partial charge in [-0.1, -0.05) is 60.7 Å². The van der Waals surface area contributed by atoms with Crippen molar-refractivity contribution in [2.24, 2.45) is 0 Å². The summed E-state index contributed by atoms with van der Waals surface area (Å²) in [6.07, 6.45) is 3.86. The Morgan fingerprint density at radius 2 is 1.08 bits per heavy atom. The molecule has 0 bridgehead atoms. The average molecular weight is 324 g/mol. The fourth-order valence-corrected chi connectivity index (χ4v) is 1.93. The molecule has 2 aromatic rings. The van der Waals surface area contributed by atoms with Gasteiger partial charge in [0.2, 0.25) is 0 Å². The normalized spacial score (nSPS) is 12.1. The van der Waals surface area contributed by atoms with Crippen LogP contribution < -0.4 is 11.0 Å². The van der Waals surface area contributed by atoms with Crippen LogP contribution in [0.2, 0.25) is 0 Å². The maximum absolute atomic E-state index is 5.45. The predicted molar refractivity (Wildman–Crippen MR) is 96.2 cm³/mol. The molecule has 0 amide bonds. The van der Waals surface area contributed by atoms with Crippen molar-refractivity contribution in [3.63, 3.8) is 0 Å². The van der Waals surface area contributed by atoms with Crippen molar-refractivity contribution < 1.29 is 9.68 Å². The van der Waals surface area contributed by atoms with E-state index in [-0.39, 0.29) is 0 Å². The summed E-state index contributed by atoms with van der Waals surface area (Å²) in [7, 11) is 0. The molecule has 4 heteroatoms. The average Bonchev–Trinajstić information content (AvgIpc) is 2.62. The molecule has 0 atom stereocenters. The molecular formula is C20H24N2O2. The molecule has 0 aliphatic heterocycles. The molecule has 0 aliphatic rings. The number of rotatable bonds is 9. The first-order valence-electron chi connectivity index (χ1n) is 7.92. The summed E-state index contributed by atoms with van der Waals surface area (Å²) >= 11 is 0. The second-order valence-electron chi connectivity index (χ2n) is 5.45. The van der Waals surface area contributed by atoms with E-state index in [1.54, 1.807) is 0 Å². The smallest absolute Gasteiger partial charge is 0.0996 e. The summed E-state index contributed by atoms with van der Waals surface area (Å²) in [4.78, 5) is 10.9. The molecule has 4 nitrogen and oxygen atoms in total. The Kier molecular flexibility index (Phi) is 7.60. The van der Waals surface area contributed by atoms with Crippen LogP contribution in [-0.2, 0) is 22.9 Å². The first-order chi connectivity index (χ1) is 11.7. The van der Waals surface area contributed by atoms with Crippen LogP contribution in [-0.4, -0.2) is 0 Å². The van der Waals surface area contributed by atoms with Crippen LogP contribution >= 0.6 is 0 Å². The maximum atomic E-state index is 5.45. The van der Waals surface area contributed by atoms with E-state index < -0.39 is 0 Å². The van der Waals surface area contributed by atoms with E-state index in [9.17, 15) is 0 Å². The molecule has 0 radical (unpaired) electrons. The summed E-state index contributed by atoms with van der Waals surface area (Å²) in [5, 5.41) is 0. The summed E-state index contributed by atoms with van der Waals surface area (Å²) in [6.45, 7) is 4.93. The fraction of sp³-hybridized carbons (Fsp3) is 0.200. The molecule has 0 unspecified atom stereocenters. The number of allylic oxidation sites excluding steroid dienone is 4. The van der Waals surface area contributed by atoms with Gasteiger partial charge in [0.1, 0.15) is 0 Å². The molecule has 0 aliphatic carbocycles. The second kappa shape index (κ2) is 10.3. The minimum atomic E-state index is 0.521. The van der Waals surface area contributed by atoms with E-state index >= 15 is 0 Å². The van der Waals surface area contributed by atoms with Crippen LogP contribution in [0.3, 0.4) is 0 Å². The summed E-state index contributed by atoms with van der Waals surface area (Å²) in [5.41, 5.74) is 9.91. The summed E-state index contributed by atoms with van der Waals surface area (Å²) in [6, 6.07) is 20.1. The van der Waals surface area contributed by atoms with E-state index in [0.717, 1.165) is 22.5 Å². The highest BCUT2D eigenvalue weighted by atomic mass is 16.6. The van der Waals surface area contributed by atoms with Crippen LogP contribution in [0.4, 0.5) is 0 Å². The highest BCUT2D eigenvalue weighted by Crippen LogP contribution is 2.02. The van der Waals surface area contributed by atoms with Crippen molar-refractivity contribution in [2.75, 3.05) is 0 Å². The lowest BCUT2D eigenvalue weighted by Crippen LogP contribution is -2.13. The summed E-state index contributed by atoms with van der Waals surface area (Å²) < 4.78 is 0. The third-order valence-electron chi connectivity index (χ3n) is 3.21. The van der Waals surface area contributed by atoms with E-state index in [2.05, 4.69) is 11.0 Å². The fourth-order valence-electron chi connectivity index (χ4n) is 1.93. The van der Waals surface area contributed by atoms with Crippen molar-refractivity contribution in [3.05, 3.63) is 95.3 Å². The number of nitrogens with one attached hydrogen (secondary N) is 2. The van der Waals surface area contributed by atoms with Crippen molar-refractivity contribution in [3.8, 4) is 0 Å². The minimum absolute atomic E-state index is 0.521. The first-order valence-corrected chi connectivity index (χ1v) is 7.92. The van der Waals surface area contributed by atoms with Gasteiger partial charge in [-0.15, -0.1) is 0 Å². The van der Waals surface area contributed by atoms with Crippen LogP contribution in [0.15, 0.2) is 84.2 Å². The van der Waals surface area contributed by atoms with Gasteiger partial charge in [-0.05, 0) is 37.1 Å². The van der Waals surface area contributed by atoms with Gasteiger partial charge < -0.3 is 0 Å². The van der Waals surface area contributed by atoms with Crippen LogP contribution in [0.5, 0.6) is 0 Å². The predicted octanol–water partition coefficient (Wildman–Crippen LogP) is 4.24. The topological polar surface area (TPSA) is 42.5 Å². The lowest BCUT2D eigenvalue weighted by Gasteiger charge is -2.08. The monoisotopic (exact) mass is 324 g/mol. The maximum Gasteiger partial charge on any atom is 0.0996 e. The lowest BCUT2D eigenvalue weighted by molar-refractivity contribution is 0.0483. The summed E-state index contributed by atoms with van der Waals surface area (Å²) in [5.74, 6) is 0. The van der Waals surface area contributed by atoms with Crippen LogP contribution in [0, 0.1) is 0 Å². The zero-order valence-electron chi connectivity index (χ0n) is 14.2. The number of benzene rings is 2. The van der Waals surface area contributed by atoms with Gasteiger partial charge in [-0.25, -0.2) is 0 Å². The lowest BCUT2D eigenvalue weighted by atomic mass is 10.2. The molecular weight excluding hydrogens is 300 g/mol. The Hall–Kier alpha value is -2.56. The van der Waals surface area contributed by atoms with Gasteiger partial charge in [0.15, 0.2) is 0 Å². The molecule has 2 N–H and O–H groups in total. The third kappa shape index (κ3) is 7.13. The zero-order valence-corrected chi connectivity index (χ0v) is 14.2. The standard InChI is InChI=1S/C20H24N2O2/c1-17(21-23-15-19-9-5-3-6-10-19)13-14-18(2)22-24-16-20-11-7-4-8-12-20/h3-14,21-22H,15-16H2,1-2H3. The van der Waals surface area contributed by atoms with Crippen molar-refractivity contribution in [2.45, 2.75) is 27.1 Å². The molecule has 2 aromatic carbocycles. The molecule has 0 aromatic heterocycles. The Morgan fingerprint density at radius 1 is 0.708 bits per heavy atom. The largest absolute Gasteiger partial charge is 0.272 e. The van der Waals surface area contributed by atoms with Crippen molar-refractivity contribution in [1.82, 2.24) is 11.0 Å². The molecule has 0 heterocycles. The molecule has 0 spiro atoms. The third-order valence-corrected chi connectivity index (χ3v) is 3.21. The molecule has 126 valence electrons. The molecule has 0 fully saturated rings. The number of hydroxylamine groups is 2. The van der Waals surface area contributed by atoms with E-state index in [1.165, 1.54) is 0 Å². The van der Waals surface area contributed by atoms with Crippen molar-refractivity contribution >= 4 is 0 Å². The Labute approximate surface area is 143 Å². The van der Waals surface area contributed by atoms with E-state index in [0.29, 0.717) is 13.2 Å². The Balaban J connectivity index is 1.66. The molecule has 0 saturated carbocycles. The molecule has 2 rings (SSSR count). The van der Waals surface area contributed by atoms with Gasteiger partial charge in [-0.3, -0.25) is 20.6 Å². The zero-order chi connectivity index (χ0) is 17.0. The highest BCUT2D eigenvalue weighted by molar-refractivity contribution is 5.15. The molecule has 0 saturated heterocycles. The first kappa shape index (κ1) is 17.8. The number of hydrogen-bond donors (Lipinski definition) is 2. The van der Waals surface area contributed by atoms with E-state index in [4.69, 9.17) is 9.68 Å². The Bertz CT molecular complexity index is 592. The molecule has 24 heavy (non-hydrogen) atoms. The highest BCUT2D eigenvalue weighted by Gasteiger charge is 1.93. The van der Waals surface area contributed by atoms with Gasteiger partial charge in [0.25, 0.3) is 0 Å². The van der Waals surface area contributed by atoms with Gasteiger partial charge in [0.05, 0.1) is 13.2 Å². The van der Waals surface area contributed by atoms with E-state index in [1.807, 2.05) is 86.7 Å². The minimum Gasteiger partial charge on any atom is -0.272 e. The quantitative estimate of drug-likeness (QED) is 0.535. The van der Waals surface area contributed by atoms with Gasteiger partial charge in [-0.2, -0.15) is 0 Å².